The summed E-state index contributed by atoms with van der Waals surface area (Å²) in [6.07, 6.45) is 6.06. The normalized spacial score (nSPS) is 20.1. The molecule has 0 heterocycles. The van der Waals surface area contributed by atoms with Crippen LogP contribution in [0, 0.1) is 25.1 Å². The van der Waals surface area contributed by atoms with E-state index in [1.165, 1.54) is 25.7 Å². The van der Waals surface area contributed by atoms with E-state index < -0.39 is 0 Å². The second-order valence-electron chi connectivity index (χ2n) is 5.75. The van der Waals surface area contributed by atoms with Gasteiger partial charge in [-0.2, -0.15) is 0 Å². The van der Waals surface area contributed by atoms with Crippen molar-refractivity contribution in [1.82, 2.24) is 0 Å². The molecule has 1 aliphatic carbocycles. The summed E-state index contributed by atoms with van der Waals surface area (Å²) >= 11 is 6.74. The monoisotopic (exact) mass is 268 g/mol. The van der Waals surface area contributed by atoms with Crippen molar-refractivity contribution in [3.8, 4) is 0 Å². The van der Waals surface area contributed by atoms with E-state index in [-0.39, 0.29) is 16.6 Å². The van der Waals surface area contributed by atoms with Gasteiger partial charge in [0, 0.05) is 0 Å². The number of halogens is 2. The van der Waals surface area contributed by atoms with Gasteiger partial charge in [0.2, 0.25) is 0 Å². The van der Waals surface area contributed by atoms with Gasteiger partial charge < -0.3 is 0 Å². The van der Waals surface area contributed by atoms with E-state index in [2.05, 4.69) is 6.92 Å². The molecular weight excluding hydrogens is 247 g/mol. The maximum atomic E-state index is 13.7. The highest BCUT2D eigenvalue weighted by atomic mass is 35.5. The molecule has 2 rings (SSSR count). The van der Waals surface area contributed by atoms with Crippen LogP contribution in [0.3, 0.4) is 0 Å². The van der Waals surface area contributed by atoms with Crippen LogP contribution < -0.4 is 0 Å². The second kappa shape index (κ2) is 5.21. The number of alkyl halides is 1. The van der Waals surface area contributed by atoms with E-state index in [0.717, 1.165) is 12.0 Å². The molecule has 0 N–H and O–H groups in total. The summed E-state index contributed by atoms with van der Waals surface area (Å²) in [5.41, 5.74) is 2.73. The van der Waals surface area contributed by atoms with Gasteiger partial charge in [0.05, 0.1) is 5.38 Å². The quantitative estimate of drug-likeness (QED) is 0.618. The Hall–Kier alpha value is -0.560. The van der Waals surface area contributed by atoms with E-state index in [1.807, 2.05) is 26.0 Å². The predicted molar refractivity (Wildman–Crippen MR) is 75.7 cm³/mol. The molecule has 18 heavy (non-hydrogen) atoms. The van der Waals surface area contributed by atoms with Gasteiger partial charge in [-0.25, -0.2) is 4.39 Å². The van der Waals surface area contributed by atoms with Crippen molar-refractivity contribution < 1.29 is 4.39 Å². The van der Waals surface area contributed by atoms with Crippen LogP contribution in [-0.4, -0.2) is 0 Å². The van der Waals surface area contributed by atoms with Crippen molar-refractivity contribution >= 4 is 11.6 Å². The first-order valence-corrected chi connectivity index (χ1v) is 7.34. The molecule has 0 nitrogen and oxygen atoms in total. The zero-order valence-corrected chi connectivity index (χ0v) is 12.3. The van der Waals surface area contributed by atoms with E-state index in [1.54, 1.807) is 0 Å². The lowest BCUT2D eigenvalue weighted by atomic mass is 9.77. The number of aryl methyl sites for hydroxylation is 2. The number of benzene rings is 1. The standard InChI is InChI=1S/C16H22ClF/c1-4-16(7-5-6-8-16)15(17)13-9-11(2)14(18)12(3)10-13/h9-10,15H,4-8H2,1-3H3. The lowest BCUT2D eigenvalue weighted by molar-refractivity contribution is 0.271. The van der Waals surface area contributed by atoms with Gasteiger partial charge in [0.25, 0.3) is 0 Å². The maximum absolute atomic E-state index is 13.7. The number of hydrogen-bond acceptors (Lipinski definition) is 0. The molecule has 1 aromatic carbocycles. The minimum absolute atomic E-state index is 0.0167. The average Bonchev–Trinajstić information content (AvgIpc) is 2.84. The fourth-order valence-electron chi connectivity index (χ4n) is 3.34. The van der Waals surface area contributed by atoms with Crippen molar-refractivity contribution in [2.75, 3.05) is 0 Å². The Morgan fingerprint density at radius 1 is 1.22 bits per heavy atom. The Morgan fingerprint density at radius 3 is 2.17 bits per heavy atom. The number of rotatable bonds is 3. The summed E-state index contributed by atoms with van der Waals surface area (Å²) in [5, 5.41) is 0.0167. The topological polar surface area (TPSA) is 0 Å². The van der Waals surface area contributed by atoms with E-state index in [0.29, 0.717) is 11.1 Å². The smallest absolute Gasteiger partial charge is 0.129 e. The molecule has 1 unspecified atom stereocenters. The number of hydrogen-bond donors (Lipinski definition) is 0. The highest BCUT2D eigenvalue weighted by molar-refractivity contribution is 6.21. The van der Waals surface area contributed by atoms with Crippen LogP contribution in [0.5, 0.6) is 0 Å². The maximum Gasteiger partial charge on any atom is 0.129 e. The molecule has 0 aliphatic heterocycles. The van der Waals surface area contributed by atoms with Gasteiger partial charge in [-0.1, -0.05) is 31.9 Å². The van der Waals surface area contributed by atoms with Crippen molar-refractivity contribution in [2.45, 2.75) is 58.3 Å². The molecule has 0 spiro atoms. The summed E-state index contributed by atoms with van der Waals surface area (Å²) in [5.74, 6) is -0.0976. The summed E-state index contributed by atoms with van der Waals surface area (Å²) in [7, 11) is 0. The van der Waals surface area contributed by atoms with Gasteiger partial charge in [-0.05, 0) is 55.2 Å². The fourth-order valence-corrected chi connectivity index (χ4v) is 3.84. The molecule has 1 atom stereocenters. The van der Waals surface area contributed by atoms with Gasteiger partial charge in [0.1, 0.15) is 5.82 Å². The first kappa shape index (κ1) is 13.9. The fraction of sp³-hybridized carbons (Fsp3) is 0.625. The van der Waals surface area contributed by atoms with Gasteiger partial charge >= 0.3 is 0 Å². The first-order valence-electron chi connectivity index (χ1n) is 6.91. The third kappa shape index (κ3) is 2.30. The van der Waals surface area contributed by atoms with Crippen molar-refractivity contribution in [3.63, 3.8) is 0 Å². The molecule has 0 radical (unpaired) electrons. The predicted octanol–water partition coefficient (Wildman–Crippen LogP) is 5.69. The molecule has 1 fully saturated rings. The van der Waals surface area contributed by atoms with Crippen LogP contribution in [0.15, 0.2) is 12.1 Å². The molecule has 0 saturated heterocycles. The molecule has 0 aromatic heterocycles. The van der Waals surface area contributed by atoms with Gasteiger partial charge in [0.15, 0.2) is 0 Å². The van der Waals surface area contributed by atoms with Crippen molar-refractivity contribution in [3.05, 3.63) is 34.6 Å². The van der Waals surface area contributed by atoms with Crippen LogP contribution in [-0.2, 0) is 0 Å². The van der Waals surface area contributed by atoms with E-state index >= 15 is 0 Å². The summed E-state index contributed by atoms with van der Waals surface area (Å²) < 4.78 is 13.7. The Morgan fingerprint density at radius 2 is 1.72 bits per heavy atom. The van der Waals surface area contributed by atoms with Crippen LogP contribution in [0.25, 0.3) is 0 Å². The second-order valence-corrected chi connectivity index (χ2v) is 6.19. The molecule has 0 bridgehead atoms. The Kier molecular flexibility index (Phi) is 4.01. The lowest BCUT2D eigenvalue weighted by Crippen LogP contribution is -2.21. The summed E-state index contributed by atoms with van der Waals surface area (Å²) in [4.78, 5) is 0. The lowest BCUT2D eigenvalue weighted by Gasteiger charge is -2.33. The molecule has 1 aromatic rings. The van der Waals surface area contributed by atoms with E-state index in [4.69, 9.17) is 11.6 Å². The summed E-state index contributed by atoms with van der Waals surface area (Å²) in [6, 6.07) is 3.85. The highest BCUT2D eigenvalue weighted by Crippen LogP contribution is 2.53. The SMILES string of the molecule is CCC1(C(Cl)c2cc(C)c(F)c(C)c2)CCCC1. The summed E-state index contributed by atoms with van der Waals surface area (Å²) in [6.45, 7) is 5.87. The molecule has 100 valence electrons. The third-order valence-electron chi connectivity index (χ3n) is 4.59. The highest BCUT2D eigenvalue weighted by Gasteiger charge is 2.39. The van der Waals surface area contributed by atoms with Crippen LogP contribution in [0.1, 0.15) is 61.1 Å². The average molecular weight is 269 g/mol. The zero-order valence-electron chi connectivity index (χ0n) is 11.5. The van der Waals surface area contributed by atoms with Crippen LogP contribution in [0.2, 0.25) is 0 Å². The van der Waals surface area contributed by atoms with Crippen LogP contribution >= 0.6 is 11.6 Å². The van der Waals surface area contributed by atoms with Gasteiger partial charge in [-0.15, -0.1) is 11.6 Å². The molecule has 0 amide bonds. The minimum atomic E-state index is -0.0976. The molecule has 1 saturated carbocycles. The Bertz CT molecular complexity index is 410. The van der Waals surface area contributed by atoms with E-state index in [9.17, 15) is 4.39 Å². The van der Waals surface area contributed by atoms with Crippen molar-refractivity contribution in [1.29, 1.82) is 0 Å². The zero-order chi connectivity index (χ0) is 13.3. The molecule has 1 aliphatic rings. The third-order valence-corrected chi connectivity index (χ3v) is 5.31. The largest absolute Gasteiger partial charge is 0.206 e. The Balaban J connectivity index is 2.36. The van der Waals surface area contributed by atoms with Crippen molar-refractivity contribution in [2.24, 2.45) is 5.41 Å². The minimum Gasteiger partial charge on any atom is -0.206 e. The van der Waals surface area contributed by atoms with Gasteiger partial charge in [-0.3, -0.25) is 0 Å². The Labute approximate surface area is 115 Å². The van der Waals surface area contributed by atoms with Crippen LogP contribution in [0.4, 0.5) is 4.39 Å². The first-order chi connectivity index (χ1) is 8.50. The molecule has 2 heteroatoms. The molecular formula is C16H22ClF.